The Balaban J connectivity index is 2.72. The summed E-state index contributed by atoms with van der Waals surface area (Å²) in [4.78, 5) is 4.15. The molecule has 0 aromatic carbocycles. The molecule has 0 aliphatic rings. The summed E-state index contributed by atoms with van der Waals surface area (Å²) in [5, 5.41) is 3.34. The Hall–Kier alpha value is -1.10. The molecular formula is C11H18N2O2S. The fraction of sp³-hybridized carbons (Fsp3) is 0.545. The molecule has 0 aliphatic heterocycles. The minimum absolute atomic E-state index is 0.109. The summed E-state index contributed by atoms with van der Waals surface area (Å²) in [7, 11) is 0.793. The van der Waals surface area contributed by atoms with E-state index in [9.17, 15) is 4.21 Å². The number of anilines is 1. The van der Waals surface area contributed by atoms with Crippen LogP contribution in [0, 0.1) is 6.92 Å². The van der Waals surface area contributed by atoms with E-state index in [1.807, 2.05) is 19.9 Å². The lowest BCUT2D eigenvalue weighted by atomic mass is 10.3. The smallest absolute Gasteiger partial charge is 0.160 e. The molecule has 1 N–H and O–H groups in total. The number of nitrogens with one attached hydrogen (secondary N) is 1. The summed E-state index contributed by atoms with van der Waals surface area (Å²) in [6, 6.07) is 1.92. The summed E-state index contributed by atoms with van der Waals surface area (Å²) in [5.41, 5.74) is 1.82. The number of hydrogen-bond donors (Lipinski definition) is 1. The van der Waals surface area contributed by atoms with Crippen LogP contribution < -0.4 is 10.1 Å². The van der Waals surface area contributed by atoms with Gasteiger partial charge in [0, 0.05) is 34.5 Å². The van der Waals surface area contributed by atoms with Gasteiger partial charge >= 0.3 is 0 Å². The second kappa shape index (κ2) is 5.84. The molecule has 0 aliphatic carbocycles. The van der Waals surface area contributed by atoms with Gasteiger partial charge in [0.05, 0.1) is 19.0 Å². The number of ether oxygens (including phenoxy) is 1. The lowest BCUT2D eigenvalue weighted by Gasteiger charge is -2.14. The first-order valence-electron chi connectivity index (χ1n) is 5.11. The van der Waals surface area contributed by atoms with Crippen molar-refractivity contribution in [2.24, 2.45) is 0 Å². The number of nitrogens with zero attached hydrogens (tertiary/aromatic N) is 1. The molecule has 5 heteroatoms. The minimum Gasteiger partial charge on any atom is -0.493 e. The minimum atomic E-state index is -0.817. The van der Waals surface area contributed by atoms with Gasteiger partial charge in [-0.25, -0.2) is 0 Å². The van der Waals surface area contributed by atoms with E-state index in [1.54, 1.807) is 19.6 Å². The number of rotatable bonds is 5. The Morgan fingerprint density at radius 3 is 2.88 bits per heavy atom. The molecule has 0 radical (unpaired) electrons. The van der Waals surface area contributed by atoms with Crippen LogP contribution in [-0.4, -0.2) is 34.4 Å². The highest BCUT2D eigenvalue weighted by Gasteiger charge is 2.08. The number of aromatic nitrogens is 1. The van der Waals surface area contributed by atoms with Crippen molar-refractivity contribution in [3.05, 3.63) is 18.0 Å². The summed E-state index contributed by atoms with van der Waals surface area (Å²) in [6.07, 6.45) is 3.40. The Bertz CT molecular complexity index is 382. The van der Waals surface area contributed by atoms with Crippen LogP contribution in [0.3, 0.4) is 0 Å². The molecule has 0 saturated heterocycles. The maximum Gasteiger partial charge on any atom is 0.160 e. The van der Waals surface area contributed by atoms with E-state index in [0.29, 0.717) is 12.3 Å². The quantitative estimate of drug-likeness (QED) is 0.851. The van der Waals surface area contributed by atoms with Crippen molar-refractivity contribution in [2.45, 2.75) is 19.1 Å². The van der Waals surface area contributed by atoms with Crippen LogP contribution in [-0.2, 0) is 10.8 Å². The van der Waals surface area contributed by atoms with Crippen LogP contribution in [0.4, 0.5) is 5.69 Å². The van der Waals surface area contributed by atoms with E-state index in [4.69, 9.17) is 4.74 Å². The average Bonchev–Trinajstić information content (AvgIpc) is 2.25. The van der Waals surface area contributed by atoms with Crippen LogP contribution in [0.2, 0.25) is 0 Å². The van der Waals surface area contributed by atoms with E-state index in [0.717, 1.165) is 11.4 Å². The first-order valence-corrected chi connectivity index (χ1v) is 6.73. The molecule has 0 bridgehead atoms. The third-order valence-corrected chi connectivity index (χ3v) is 3.67. The second-order valence-electron chi connectivity index (χ2n) is 3.72. The topological polar surface area (TPSA) is 51.2 Å². The van der Waals surface area contributed by atoms with Crippen LogP contribution in [0.25, 0.3) is 0 Å². The van der Waals surface area contributed by atoms with Gasteiger partial charge in [0.1, 0.15) is 0 Å². The fourth-order valence-corrected chi connectivity index (χ4v) is 1.54. The van der Waals surface area contributed by atoms with Gasteiger partial charge in [-0.15, -0.1) is 0 Å². The van der Waals surface area contributed by atoms with Gasteiger partial charge < -0.3 is 10.1 Å². The first kappa shape index (κ1) is 13.0. The highest BCUT2D eigenvalue weighted by Crippen LogP contribution is 2.23. The lowest BCUT2D eigenvalue weighted by molar-refractivity contribution is 0.414. The van der Waals surface area contributed by atoms with Crippen molar-refractivity contribution in [3.63, 3.8) is 0 Å². The molecule has 16 heavy (non-hydrogen) atoms. The largest absolute Gasteiger partial charge is 0.493 e. The molecule has 1 aromatic rings. The van der Waals surface area contributed by atoms with Gasteiger partial charge in [-0.1, -0.05) is 0 Å². The summed E-state index contributed by atoms with van der Waals surface area (Å²) in [6.45, 7) is 4.53. The second-order valence-corrected chi connectivity index (χ2v) is 5.52. The van der Waals surface area contributed by atoms with Crippen molar-refractivity contribution in [1.82, 2.24) is 4.98 Å². The van der Waals surface area contributed by atoms with Crippen molar-refractivity contribution in [2.75, 3.05) is 25.2 Å². The van der Waals surface area contributed by atoms with Crippen LogP contribution in [0.15, 0.2) is 12.3 Å². The maximum absolute atomic E-state index is 11.2. The predicted molar refractivity (Wildman–Crippen MR) is 67.5 cm³/mol. The van der Waals surface area contributed by atoms with Gasteiger partial charge in [0.15, 0.2) is 5.75 Å². The molecule has 0 spiro atoms. The third-order valence-electron chi connectivity index (χ3n) is 2.37. The maximum atomic E-state index is 11.2. The Labute approximate surface area is 98.9 Å². The fourth-order valence-electron chi connectivity index (χ4n) is 1.22. The molecule has 2 unspecified atom stereocenters. The number of aryl methyl sites for hydroxylation is 1. The Morgan fingerprint density at radius 1 is 1.62 bits per heavy atom. The zero-order chi connectivity index (χ0) is 12.1. The lowest BCUT2D eigenvalue weighted by Crippen LogP contribution is -2.21. The Kier molecular flexibility index (Phi) is 4.73. The summed E-state index contributed by atoms with van der Waals surface area (Å²) in [5.74, 6) is 0.708. The summed E-state index contributed by atoms with van der Waals surface area (Å²) >= 11 is 0. The number of methoxy groups -OCH3 is 1. The Morgan fingerprint density at radius 2 is 2.31 bits per heavy atom. The van der Waals surface area contributed by atoms with Gasteiger partial charge in [-0.2, -0.15) is 0 Å². The van der Waals surface area contributed by atoms with Gasteiger partial charge in [-0.05, 0) is 19.9 Å². The highest BCUT2D eigenvalue weighted by atomic mass is 32.2. The molecular weight excluding hydrogens is 224 g/mol. The normalized spacial score (nSPS) is 14.2. The molecule has 90 valence electrons. The van der Waals surface area contributed by atoms with Crippen LogP contribution in [0.5, 0.6) is 5.75 Å². The van der Waals surface area contributed by atoms with E-state index in [-0.39, 0.29) is 5.25 Å². The molecule has 0 fully saturated rings. The SMILES string of the molecule is COc1cnc(C)cc1NCC(C)S(C)=O. The standard InChI is InChI=1S/C11H18N2O2S/c1-8-5-10(11(15-3)7-12-8)13-6-9(2)16(4)14/h5,7,9H,6H2,1-4H3,(H,12,13). The van der Waals surface area contributed by atoms with E-state index < -0.39 is 10.8 Å². The van der Waals surface area contributed by atoms with Gasteiger partial charge in [0.25, 0.3) is 0 Å². The zero-order valence-electron chi connectivity index (χ0n) is 10.1. The molecule has 0 amide bonds. The molecule has 2 atom stereocenters. The monoisotopic (exact) mass is 242 g/mol. The average molecular weight is 242 g/mol. The van der Waals surface area contributed by atoms with Crippen LogP contribution in [0.1, 0.15) is 12.6 Å². The zero-order valence-corrected chi connectivity index (χ0v) is 10.9. The van der Waals surface area contributed by atoms with Crippen molar-refractivity contribution >= 4 is 16.5 Å². The molecule has 1 aromatic heterocycles. The summed E-state index contributed by atoms with van der Waals surface area (Å²) < 4.78 is 16.4. The van der Waals surface area contributed by atoms with Gasteiger partial charge in [-0.3, -0.25) is 9.19 Å². The predicted octanol–water partition coefficient (Wildman–Crippen LogP) is 1.58. The highest BCUT2D eigenvalue weighted by molar-refractivity contribution is 7.84. The third kappa shape index (κ3) is 3.48. The van der Waals surface area contributed by atoms with Crippen molar-refractivity contribution in [3.8, 4) is 5.75 Å². The van der Waals surface area contributed by atoms with Crippen molar-refractivity contribution < 1.29 is 8.95 Å². The molecule has 4 nitrogen and oxygen atoms in total. The molecule has 1 heterocycles. The molecule has 0 saturated carbocycles. The van der Waals surface area contributed by atoms with E-state index in [2.05, 4.69) is 10.3 Å². The number of hydrogen-bond acceptors (Lipinski definition) is 4. The number of pyridine rings is 1. The van der Waals surface area contributed by atoms with Crippen LogP contribution >= 0.6 is 0 Å². The molecule has 1 rings (SSSR count). The first-order chi connectivity index (χ1) is 7.54. The van der Waals surface area contributed by atoms with E-state index in [1.165, 1.54) is 0 Å². The van der Waals surface area contributed by atoms with E-state index >= 15 is 0 Å². The van der Waals surface area contributed by atoms with Gasteiger partial charge in [0.2, 0.25) is 0 Å². The van der Waals surface area contributed by atoms with Crippen molar-refractivity contribution in [1.29, 1.82) is 0 Å².